The third kappa shape index (κ3) is 5.66. The van der Waals surface area contributed by atoms with Gasteiger partial charge in [-0.05, 0) is 48.2 Å². The van der Waals surface area contributed by atoms with Crippen molar-refractivity contribution in [1.29, 1.82) is 5.26 Å². The molecule has 2 aromatic carbocycles. The van der Waals surface area contributed by atoms with E-state index in [-0.39, 0.29) is 30.0 Å². The van der Waals surface area contributed by atoms with Crippen LogP contribution in [0.4, 0.5) is 0 Å². The highest BCUT2D eigenvalue weighted by Crippen LogP contribution is 2.17. The topological polar surface area (TPSA) is 99.4 Å². The molecule has 2 aromatic rings. The van der Waals surface area contributed by atoms with Crippen molar-refractivity contribution >= 4 is 11.9 Å². The minimum atomic E-state index is -0.989. The van der Waals surface area contributed by atoms with Crippen molar-refractivity contribution in [2.24, 2.45) is 5.92 Å². The lowest BCUT2D eigenvalue weighted by Crippen LogP contribution is -2.40. The highest BCUT2D eigenvalue weighted by Gasteiger charge is 2.24. The molecule has 0 aliphatic heterocycles. The maximum absolute atomic E-state index is 12.7. The third-order valence-corrected chi connectivity index (χ3v) is 4.37. The smallest absolute Gasteiger partial charge is 0.335 e. The molecule has 0 heterocycles. The van der Waals surface area contributed by atoms with Crippen LogP contribution < -0.4 is 5.32 Å². The number of carbonyl (C=O) groups excluding carboxylic acids is 1. The van der Waals surface area contributed by atoms with Crippen LogP contribution in [0.25, 0.3) is 0 Å². The fourth-order valence-corrected chi connectivity index (χ4v) is 2.78. The Hall–Kier alpha value is -3.17. The van der Waals surface area contributed by atoms with Gasteiger partial charge < -0.3 is 15.2 Å². The number of nitriles is 1. The van der Waals surface area contributed by atoms with E-state index in [4.69, 9.17) is 15.1 Å². The van der Waals surface area contributed by atoms with Gasteiger partial charge in [-0.1, -0.05) is 38.1 Å². The molecule has 28 heavy (non-hydrogen) atoms. The SMILES string of the molecule is CC(C)[C@@H](OCc1cccc(C#N)c1)C(=O)N[C@@H](C)c1ccc(C(=O)O)cc1. The van der Waals surface area contributed by atoms with E-state index in [1.807, 2.05) is 26.8 Å². The lowest BCUT2D eigenvalue weighted by molar-refractivity contribution is -0.137. The monoisotopic (exact) mass is 380 g/mol. The van der Waals surface area contributed by atoms with E-state index in [1.165, 1.54) is 12.1 Å². The number of nitrogens with one attached hydrogen (secondary N) is 1. The van der Waals surface area contributed by atoms with Crippen LogP contribution in [-0.2, 0) is 16.1 Å². The Labute approximate surface area is 164 Å². The molecule has 6 nitrogen and oxygen atoms in total. The van der Waals surface area contributed by atoms with Crippen LogP contribution in [0, 0.1) is 17.2 Å². The second-order valence-electron chi connectivity index (χ2n) is 6.95. The lowest BCUT2D eigenvalue weighted by Gasteiger charge is -2.23. The molecule has 0 saturated heterocycles. The van der Waals surface area contributed by atoms with E-state index < -0.39 is 12.1 Å². The van der Waals surface area contributed by atoms with Crippen molar-refractivity contribution in [1.82, 2.24) is 5.32 Å². The molecule has 0 fully saturated rings. The normalized spacial score (nSPS) is 12.8. The Bertz CT molecular complexity index is 869. The lowest BCUT2D eigenvalue weighted by atomic mass is 10.0. The molecule has 0 unspecified atom stereocenters. The summed E-state index contributed by atoms with van der Waals surface area (Å²) < 4.78 is 5.84. The second-order valence-corrected chi connectivity index (χ2v) is 6.95. The molecule has 6 heteroatoms. The average Bonchev–Trinajstić information content (AvgIpc) is 2.68. The number of ether oxygens (including phenoxy) is 1. The molecule has 0 bridgehead atoms. The van der Waals surface area contributed by atoms with Crippen molar-refractivity contribution in [3.05, 3.63) is 70.8 Å². The standard InChI is InChI=1S/C22H24N2O4/c1-14(2)20(28-13-17-6-4-5-16(11-17)12-23)21(25)24-15(3)18-7-9-19(10-8-18)22(26)27/h4-11,14-15,20H,13H2,1-3H3,(H,24,25)(H,26,27)/t15-,20+/m0/s1. The molecular formula is C22H24N2O4. The number of amides is 1. The summed E-state index contributed by atoms with van der Waals surface area (Å²) in [4.78, 5) is 23.7. The zero-order valence-electron chi connectivity index (χ0n) is 16.2. The Balaban J connectivity index is 2.01. The second kappa shape index (κ2) is 9.67. The summed E-state index contributed by atoms with van der Waals surface area (Å²) in [6.45, 7) is 5.87. The molecule has 2 rings (SSSR count). The Morgan fingerprint density at radius 1 is 1.14 bits per heavy atom. The van der Waals surface area contributed by atoms with E-state index >= 15 is 0 Å². The number of hydrogen-bond donors (Lipinski definition) is 2. The number of carboxylic acids is 1. The van der Waals surface area contributed by atoms with Gasteiger partial charge in [-0.3, -0.25) is 4.79 Å². The zero-order chi connectivity index (χ0) is 20.7. The van der Waals surface area contributed by atoms with Crippen LogP contribution in [-0.4, -0.2) is 23.1 Å². The molecule has 0 spiro atoms. The fourth-order valence-electron chi connectivity index (χ4n) is 2.78. The fraction of sp³-hybridized carbons (Fsp3) is 0.318. The number of aromatic carboxylic acids is 1. The maximum Gasteiger partial charge on any atom is 0.335 e. The predicted molar refractivity (Wildman–Crippen MR) is 105 cm³/mol. The summed E-state index contributed by atoms with van der Waals surface area (Å²) in [6, 6.07) is 15.3. The average molecular weight is 380 g/mol. The van der Waals surface area contributed by atoms with Crippen LogP contribution in [0.3, 0.4) is 0 Å². The first-order chi connectivity index (χ1) is 13.3. The Morgan fingerprint density at radius 2 is 1.82 bits per heavy atom. The van der Waals surface area contributed by atoms with Gasteiger partial charge in [0.25, 0.3) is 0 Å². The van der Waals surface area contributed by atoms with Gasteiger partial charge in [0.05, 0.1) is 29.8 Å². The van der Waals surface area contributed by atoms with Crippen molar-refractivity contribution in [3.63, 3.8) is 0 Å². The number of hydrogen-bond acceptors (Lipinski definition) is 4. The number of carbonyl (C=O) groups is 2. The number of benzene rings is 2. The zero-order valence-corrected chi connectivity index (χ0v) is 16.2. The molecule has 0 aliphatic rings. The van der Waals surface area contributed by atoms with Gasteiger partial charge in [0.1, 0.15) is 6.10 Å². The molecule has 2 N–H and O–H groups in total. The summed E-state index contributed by atoms with van der Waals surface area (Å²) in [5.74, 6) is -1.26. The highest BCUT2D eigenvalue weighted by molar-refractivity contribution is 5.87. The summed E-state index contributed by atoms with van der Waals surface area (Å²) in [5.41, 5.74) is 2.38. The highest BCUT2D eigenvalue weighted by atomic mass is 16.5. The van der Waals surface area contributed by atoms with Gasteiger partial charge in [-0.15, -0.1) is 0 Å². The first-order valence-electron chi connectivity index (χ1n) is 9.06. The molecule has 146 valence electrons. The van der Waals surface area contributed by atoms with Crippen LogP contribution in [0.1, 0.15) is 53.9 Å². The number of rotatable bonds is 8. The molecule has 0 radical (unpaired) electrons. The van der Waals surface area contributed by atoms with Gasteiger partial charge in [-0.2, -0.15) is 5.26 Å². The predicted octanol–water partition coefficient (Wildman–Crippen LogP) is 3.68. The summed E-state index contributed by atoms with van der Waals surface area (Å²) in [7, 11) is 0. The van der Waals surface area contributed by atoms with Crippen LogP contribution in [0.2, 0.25) is 0 Å². The largest absolute Gasteiger partial charge is 0.478 e. The molecule has 0 saturated carbocycles. The Morgan fingerprint density at radius 3 is 2.39 bits per heavy atom. The van der Waals surface area contributed by atoms with E-state index in [0.29, 0.717) is 5.56 Å². The molecule has 2 atom stereocenters. The number of nitrogens with zero attached hydrogens (tertiary/aromatic N) is 1. The molecular weight excluding hydrogens is 356 g/mol. The summed E-state index contributed by atoms with van der Waals surface area (Å²) in [5, 5.41) is 20.9. The van der Waals surface area contributed by atoms with Gasteiger partial charge >= 0.3 is 5.97 Å². The number of carboxylic acid groups (broad SMARTS) is 1. The maximum atomic E-state index is 12.7. The first-order valence-corrected chi connectivity index (χ1v) is 9.06. The third-order valence-electron chi connectivity index (χ3n) is 4.37. The van der Waals surface area contributed by atoms with Crippen molar-refractivity contribution in [2.75, 3.05) is 0 Å². The molecule has 0 aliphatic carbocycles. The minimum Gasteiger partial charge on any atom is -0.478 e. The van der Waals surface area contributed by atoms with E-state index in [1.54, 1.807) is 30.3 Å². The Kier molecular flexibility index (Phi) is 7.30. The summed E-state index contributed by atoms with van der Waals surface area (Å²) >= 11 is 0. The van der Waals surface area contributed by atoms with Gasteiger partial charge in [0, 0.05) is 0 Å². The van der Waals surface area contributed by atoms with E-state index in [2.05, 4.69) is 11.4 Å². The van der Waals surface area contributed by atoms with Crippen LogP contribution in [0.15, 0.2) is 48.5 Å². The van der Waals surface area contributed by atoms with Crippen LogP contribution >= 0.6 is 0 Å². The van der Waals surface area contributed by atoms with E-state index in [0.717, 1.165) is 11.1 Å². The summed E-state index contributed by atoms with van der Waals surface area (Å²) in [6.07, 6.45) is -0.647. The van der Waals surface area contributed by atoms with Crippen molar-refractivity contribution in [3.8, 4) is 6.07 Å². The van der Waals surface area contributed by atoms with Gasteiger partial charge in [0.15, 0.2) is 0 Å². The quantitative estimate of drug-likeness (QED) is 0.728. The minimum absolute atomic E-state index is 0.0410. The van der Waals surface area contributed by atoms with E-state index in [9.17, 15) is 9.59 Å². The molecule has 0 aromatic heterocycles. The van der Waals surface area contributed by atoms with Gasteiger partial charge in [-0.25, -0.2) is 4.79 Å². The van der Waals surface area contributed by atoms with Crippen molar-refractivity contribution in [2.45, 2.75) is 39.5 Å². The first kappa shape index (κ1) is 21.1. The molecule has 1 amide bonds. The van der Waals surface area contributed by atoms with Crippen molar-refractivity contribution < 1.29 is 19.4 Å². The van der Waals surface area contributed by atoms with Gasteiger partial charge in [0.2, 0.25) is 5.91 Å². The van der Waals surface area contributed by atoms with Crippen LogP contribution in [0.5, 0.6) is 0 Å².